The van der Waals surface area contributed by atoms with Gasteiger partial charge in [0.05, 0.1) is 17.4 Å². The molecular weight excluding hydrogens is 264 g/mol. The Kier molecular flexibility index (Phi) is 4.27. The van der Waals surface area contributed by atoms with Gasteiger partial charge in [-0.3, -0.25) is 4.79 Å². The van der Waals surface area contributed by atoms with Gasteiger partial charge >= 0.3 is 0 Å². The van der Waals surface area contributed by atoms with Gasteiger partial charge in [-0.2, -0.15) is 0 Å². The number of likely N-dealkylation sites (N-methyl/N-ethyl adjacent to an activating group) is 2. The summed E-state index contributed by atoms with van der Waals surface area (Å²) in [6.45, 7) is 1.97. The number of amides is 1. The number of likely N-dealkylation sites (tertiary alicyclic amines) is 1. The van der Waals surface area contributed by atoms with Crippen LogP contribution in [0.15, 0.2) is 12.3 Å². The molecule has 1 saturated heterocycles. The normalized spacial score (nSPS) is 20.3. The van der Waals surface area contributed by atoms with Gasteiger partial charge in [0.25, 0.3) is 5.91 Å². The van der Waals surface area contributed by atoms with Crippen LogP contribution < -0.4 is 5.73 Å². The number of hydrogen-bond donors (Lipinski definition) is 1. The average Bonchev–Trinajstić information content (AvgIpc) is 2.40. The van der Waals surface area contributed by atoms with Gasteiger partial charge in [0.15, 0.2) is 0 Å². The first kappa shape index (κ1) is 14.1. The fourth-order valence-electron chi connectivity index (χ4n) is 2.43. The van der Waals surface area contributed by atoms with Crippen molar-refractivity contribution < 1.29 is 4.79 Å². The van der Waals surface area contributed by atoms with Crippen LogP contribution in [-0.4, -0.2) is 53.9 Å². The summed E-state index contributed by atoms with van der Waals surface area (Å²) in [6.07, 6.45) is 3.56. The Balaban J connectivity index is 2.16. The molecule has 2 rings (SSSR count). The van der Waals surface area contributed by atoms with Crippen LogP contribution in [0.5, 0.6) is 0 Å². The third-order valence-corrected chi connectivity index (χ3v) is 3.86. The third kappa shape index (κ3) is 3.16. The molecule has 2 heterocycles. The summed E-state index contributed by atoms with van der Waals surface area (Å²) < 4.78 is 0. The van der Waals surface area contributed by atoms with E-state index in [1.54, 1.807) is 11.0 Å². The number of aromatic nitrogens is 1. The highest BCUT2D eigenvalue weighted by atomic mass is 35.5. The fraction of sp³-hybridized carbons (Fsp3) is 0.538. The number of nitrogens with two attached hydrogens (primary N) is 1. The maximum Gasteiger partial charge on any atom is 0.257 e. The average molecular weight is 283 g/mol. The first-order valence-corrected chi connectivity index (χ1v) is 6.73. The predicted octanol–water partition coefficient (Wildman–Crippen LogP) is 1.48. The molecule has 5 nitrogen and oxygen atoms in total. The molecule has 19 heavy (non-hydrogen) atoms. The minimum atomic E-state index is -0.120. The summed E-state index contributed by atoms with van der Waals surface area (Å²) in [7, 11) is 3.88. The van der Waals surface area contributed by atoms with Crippen LogP contribution in [0, 0.1) is 0 Å². The summed E-state index contributed by atoms with van der Waals surface area (Å²) in [5.41, 5.74) is 6.48. The molecule has 1 aromatic heterocycles. The molecule has 1 fully saturated rings. The lowest BCUT2D eigenvalue weighted by molar-refractivity contribution is 0.0644. The molecular formula is C13H19ClN4O. The molecule has 1 atom stereocenters. The van der Waals surface area contributed by atoms with Crippen molar-refractivity contribution in [1.82, 2.24) is 14.8 Å². The van der Waals surface area contributed by atoms with E-state index in [1.807, 2.05) is 7.05 Å². The Labute approximate surface area is 118 Å². The maximum atomic E-state index is 12.5. The number of rotatable bonds is 2. The largest absolute Gasteiger partial charge is 0.397 e. The van der Waals surface area contributed by atoms with Gasteiger partial charge in [-0.1, -0.05) is 11.6 Å². The van der Waals surface area contributed by atoms with Gasteiger partial charge in [0.2, 0.25) is 0 Å². The highest BCUT2D eigenvalue weighted by Crippen LogP contribution is 2.20. The summed E-state index contributed by atoms with van der Waals surface area (Å²) in [5.74, 6) is -0.120. The molecule has 0 spiro atoms. The number of pyridine rings is 1. The zero-order valence-corrected chi connectivity index (χ0v) is 12.0. The SMILES string of the molecule is CN1CCCC(N(C)C(=O)c2cc(N)cnc2Cl)C1. The van der Waals surface area contributed by atoms with Crippen molar-refractivity contribution in [3.63, 3.8) is 0 Å². The quantitative estimate of drug-likeness (QED) is 0.835. The molecule has 104 valence electrons. The van der Waals surface area contributed by atoms with Gasteiger partial charge in [-0.05, 0) is 32.5 Å². The lowest BCUT2D eigenvalue weighted by Crippen LogP contribution is -2.47. The highest BCUT2D eigenvalue weighted by molar-refractivity contribution is 6.32. The maximum absolute atomic E-state index is 12.5. The van der Waals surface area contributed by atoms with E-state index in [0.717, 1.165) is 25.9 Å². The number of anilines is 1. The van der Waals surface area contributed by atoms with E-state index in [-0.39, 0.29) is 17.1 Å². The van der Waals surface area contributed by atoms with Gasteiger partial charge in [0, 0.05) is 19.6 Å². The minimum Gasteiger partial charge on any atom is -0.397 e. The summed E-state index contributed by atoms with van der Waals surface area (Å²) in [4.78, 5) is 20.4. The topological polar surface area (TPSA) is 62.5 Å². The summed E-state index contributed by atoms with van der Waals surface area (Å²) in [6, 6.07) is 1.80. The zero-order chi connectivity index (χ0) is 14.0. The number of nitrogen functional groups attached to an aromatic ring is 1. The third-order valence-electron chi connectivity index (χ3n) is 3.56. The first-order valence-electron chi connectivity index (χ1n) is 6.35. The molecule has 1 amide bonds. The molecule has 6 heteroatoms. The second-order valence-electron chi connectivity index (χ2n) is 5.08. The van der Waals surface area contributed by atoms with Crippen LogP contribution >= 0.6 is 11.6 Å². The van der Waals surface area contributed by atoms with E-state index in [9.17, 15) is 4.79 Å². The summed E-state index contributed by atoms with van der Waals surface area (Å²) >= 11 is 5.98. The Morgan fingerprint density at radius 1 is 1.63 bits per heavy atom. The van der Waals surface area contributed by atoms with Gasteiger partial charge in [-0.25, -0.2) is 4.98 Å². The molecule has 0 saturated carbocycles. The van der Waals surface area contributed by atoms with Crippen LogP contribution in [0.2, 0.25) is 5.15 Å². The van der Waals surface area contributed by atoms with E-state index in [2.05, 4.69) is 16.9 Å². The second kappa shape index (κ2) is 5.75. The Bertz CT molecular complexity index is 480. The van der Waals surface area contributed by atoms with E-state index < -0.39 is 0 Å². The molecule has 0 aromatic carbocycles. The van der Waals surface area contributed by atoms with Crippen molar-refractivity contribution in [2.24, 2.45) is 0 Å². The van der Waals surface area contributed by atoms with Gasteiger partial charge in [0.1, 0.15) is 5.15 Å². The van der Waals surface area contributed by atoms with E-state index in [0.29, 0.717) is 11.3 Å². The predicted molar refractivity (Wildman–Crippen MR) is 76.3 cm³/mol. The van der Waals surface area contributed by atoms with Crippen molar-refractivity contribution in [2.75, 3.05) is 32.9 Å². The lowest BCUT2D eigenvalue weighted by Gasteiger charge is -2.35. The van der Waals surface area contributed by atoms with Gasteiger partial charge in [-0.15, -0.1) is 0 Å². The number of carbonyl (C=O) groups excluding carboxylic acids is 1. The summed E-state index contributed by atoms with van der Waals surface area (Å²) in [5, 5.41) is 0.204. The van der Waals surface area contributed by atoms with E-state index >= 15 is 0 Å². The van der Waals surface area contributed by atoms with Crippen LogP contribution in [0.3, 0.4) is 0 Å². The van der Waals surface area contributed by atoms with Crippen molar-refractivity contribution in [1.29, 1.82) is 0 Å². The van der Waals surface area contributed by atoms with Crippen molar-refractivity contribution >= 4 is 23.2 Å². The highest BCUT2D eigenvalue weighted by Gasteiger charge is 2.26. The minimum absolute atomic E-state index is 0.120. The number of hydrogen-bond acceptors (Lipinski definition) is 4. The van der Waals surface area contributed by atoms with Crippen molar-refractivity contribution in [3.05, 3.63) is 23.0 Å². The smallest absolute Gasteiger partial charge is 0.257 e. The van der Waals surface area contributed by atoms with Crippen LogP contribution in [0.25, 0.3) is 0 Å². The standard InChI is InChI=1S/C13H19ClN4O/c1-17-5-3-4-10(8-17)18(2)13(19)11-6-9(15)7-16-12(11)14/h6-7,10H,3-5,8,15H2,1-2H3. The Morgan fingerprint density at radius 3 is 3.05 bits per heavy atom. The zero-order valence-electron chi connectivity index (χ0n) is 11.3. The van der Waals surface area contributed by atoms with E-state index in [1.165, 1.54) is 6.20 Å². The molecule has 0 aliphatic carbocycles. The first-order chi connectivity index (χ1) is 8.99. The monoisotopic (exact) mass is 282 g/mol. The Hall–Kier alpha value is -1.33. The van der Waals surface area contributed by atoms with Crippen LogP contribution in [0.4, 0.5) is 5.69 Å². The molecule has 0 bridgehead atoms. The van der Waals surface area contributed by atoms with Crippen LogP contribution in [-0.2, 0) is 0 Å². The molecule has 1 aliphatic rings. The van der Waals surface area contributed by atoms with E-state index in [4.69, 9.17) is 17.3 Å². The lowest BCUT2D eigenvalue weighted by atomic mass is 10.0. The van der Waals surface area contributed by atoms with Gasteiger partial charge < -0.3 is 15.5 Å². The number of piperidine rings is 1. The second-order valence-corrected chi connectivity index (χ2v) is 5.44. The molecule has 1 aliphatic heterocycles. The number of nitrogens with zero attached hydrogens (tertiary/aromatic N) is 3. The molecule has 1 unspecified atom stereocenters. The number of carbonyl (C=O) groups is 1. The van der Waals surface area contributed by atoms with Crippen molar-refractivity contribution in [3.8, 4) is 0 Å². The Morgan fingerprint density at radius 2 is 2.37 bits per heavy atom. The van der Waals surface area contributed by atoms with Crippen molar-refractivity contribution in [2.45, 2.75) is 18.9 Å². The molecule has 0 radical (unpaired) electrons. The van der Waals surface area contributed by atoms with Crippen LogP contribution in [0.1, 0.15) is 23.2 Å². The molecule has 2 N–H and O–H groups in total. The number of halogens is 1. The molecule has 1 aromatic rings. The fourth-order valence-corrected chi connectivity index (χ4v) is 2.61.